The van der Waals surface area contributed by atoms with Crippen molar-refractivity contribution in [2.45, 2.75) is 0 Å². The van der Waals surface area contributed by atoms with Crippen LogP contribution in [0.4, 0.5) is 0 Å². The summed E-state index contributed by atoms with van der Waals surface area (Å²) in [5.74, 6) is 2.12. The molecule has 2 aromatic carbocycles. The molecule has 2 aromatic heterocycles. The molecule has 0 aliphatic carbocycles. The van der Waals surface area contributed by atoms with Crippen LogP contribution in [0.3, 0.4) is 0 Å². The zero-order valence-electron chi connectivity index (χ0n) is 13.7. The van der Waals surface area contributed by atoms with E-state index in [1.807, 2.05) is 36.4 Å². The first-order valence-corrected chi connectivity index (χ1v) is 7.99. The van der Waals surface area contributed by atoms with E-state index in [1.54, 1.807) is 47.4 Å². The Kier molecular flexibility index (Phi) is 4.22. The quantitative estimate of drug-likeness (QED) is 0.514. The van der Waals surface area contributed by atoms with Gasteiger partial charge in [-0.25, -0.2) is 9.67 Å². The number of ether oxygens (including phenoxy) is 1. The molecule has 0 saturated carbocycles. The molecule has 6 nitrogen and oxygen atoms in total. The molecule has 2 heterocycles. The summed E-state index contributed by atoms with van der Waals surface area (Å²) in [4.78, 5) is 19.9. The Hall–Kier alpha value is -3.80. The Labute approximate surface area is 149 Å². The molecule has 0 amide bonds. The van der Waals surface area contributed by atoms with E-state index < -0.39 is 0 Å². The summed E-state index contributed by atoms with van der Waals surface area (Å²) in [5.41, 5.74) is 1.46. The average molecular weight is 342 g/mol. The van der Waals surface area contributed by atoms with Gasteiger partial charge in [0.2, 0.25) is 5.88 Å². The third kappa shape index (κ3) is 3.34. The number of hydrogen-bond acceptors (Lipinski definition) is 5. The lowest BCUT2D eigenvalue weighted by Gasteiger charge is -2.09. The number of hydrogen-bond donors (Lipinski definition) is 0. The fraction of sp³-hybridized carbons (Fsp3) is 0. The van der Waals surface area contributed by atoms with Crippen molar-refractivity contribution >= 4 is 6.29 Å². The summed E-state index contributed by atoms with van der Waals surface area (Å²) >= 11 is 0. The molecular weight excluding hydrogens is 328 g/mol. The van der Waals surface area contributed by atoms with E-state index in [2.05, 4.69) is 15.1 Å². The van der Waals surface area contributed by atoms with Gasteiger partial charge < -0.3 is 4.74 Å². The minimum Gasteiger partial charge on any atom is -0.439 e. The SMILES string of the molecule is O=Cc1ccc(Oc2cc(-n3cccn3)nc(-c3ccccc3)n2)cc1. The molecule has 0 saturated heterocycles. The van der Waals surface area contributed by atoms with Crippen LogP contribution in [0.25, 0.3) is 17.2 Å². The van der Waals surface area contributed by atoms with Gasteiger partial charge in [-0.15, -0.1) is 0 Å². The highest BCUT2D eigenvalue weighted by Crippen LogP contribution is 2.25. The molecule has 0 aliphatic heterocycles. The fourth-order valence-corrected chi connectivity index (χ4v) is 2.44. The summed E-state index contributed by atoms with van der Waals surface area (Å²) < 4.78 is 7.52. The normalized spacial score (nSPS) is 10.5. The second-order valence-corrected chi connectivity index (χ2v) is 5.49. The van der Waals surface area contributed by atoms with Crippen molar-refractivity contribution in [3.63, 3.8) is 0 Å². The van der Waals surface area contributed by atoms with E-state index in [9.17, 15) is 4.79 Å². The third-order valence-electron chi connectivity index (χ3n) is 3.70. The number of nitrogens with zero attached hydrogens (tertiary/aromatic N) is 4. The maximum Gasteiger partial charge on any atom is 0.225 e. The molecule has 0 unspecified atom stereocenters. The predicted molar refractivity (Wildman–Crippen MR) is 96.5 cm³/mol. The summed E-state index contributed by atoms with van der Waals surface area (Å²) in [6.07, 6.45) is 4.28. The van der Waals surface area contributed by atoms with Crippen LogP contribution < -0.4 is 4.74 Å². The monoisotopic (exact) mass is 342 g/mol. The van der Waals surface area contributed by atoms with Crippen molar-refractivity contribution in [2.24, 2.45) is 0 Å². The van der Waals surface area contributed by atoms with E-state index in [0.29, 0.717) is 28.8 Å². The fourth-order valence-electron chi connectivity index (χ4n) is 2.44. The van der Waals surface area contributed by atoms with E-state index in [4.69, 9.17) is 4.74 Å². The van der Waals surface area contributed by atoms with Crippen molar-refractivity contribution in [1.29, 1.82) is 0 Å². The second-order valence-electron chi connectivity index (χ2n) is 5.49. The first-order chi connectivity index (χ1) is 12.8. The topological polar surface area (TPSA) is 69.9 Å². The second kappa shape index (κ2) is 6.98. The molecule has 0 atom stereocenters. The Morgan fingerprint density at radius 1 is 0.923 bits per heavy atom. The molecule has 4 aromatic rings. The predicted octanol–water partition coefficient (Wildman–Crippen LogP) is 3.93. The smallest absolute Gasteiger partial charge is 0.225 e. The summed E-state index contributed by atoms with van der Waals surface area (Å²) in [6.45, 7) is 0. The molecule has 0 aliphatic rings. The Morgan fingerprint density at radius 3 is 2.42 bits per heavy atom. The van der Waals surface area contributed by atoms with Crippen molar-refractivity contribution in [1.82, 2.24) is 19.7 Å². The average Bonchev–Trinajstić information content (AvgIpc) is 3.24. The van der Waals surface area contributed by atoms with Gasteiger partial charge in [-0.1, -0.05) is 30.3 Å². The minimum absolute atomic E-state index is 0.392. The molecule has 0 spiro atoms. The van der Waals surface area contributed by atoms with Gasteiger partial charge in [-0.05, 0) is 30.3 Å². The molecule has 0 bridgehead atoms. The van der Waals surface area contributed by atoms with E-state index in [0.717, 1.165) is 11.8 Å². The lowest BCUT2D eigenvalue weighted by atomic mass is 10.2. The van der Waals surface area contributed by atoms with Crippen molar-refractivity contribution in [3.8, 4) is 28.8 Å². The third-order valence-corrected chi connectivity index (χ3v) is 3.70. The molecule has 0 N–H and O–H groups in total. The number of aromatic nitrogens is 4. The first-order valence-electron chi connectivity index (χ1n) is 7.99. The van der Waals surface area contributed by atoms with Crippen LogP contribution in [0.15, 0.2) is 79.1 Å². The molecule has 0 fully saturated rings. The number of carbonyl (C=O) groups excluding carboxylic acids is 1. The summed E-state index contributed by atoms with van der Waals surface area (Å²) in [7, 11) is 0. The standard InChI is InChI=1S/C20H14N4O2/c25-14-15-7-9-17(10-8-15)26-19-13-18(24-12-4-11-21-24)22-20(23-19)16-5-2-1-3-6-16/h1-14H. The number of aldehydes is 1. The maximum absolute atomic E-state index is 10.8. The van der Waals surface area contributed by atoms with Gasteiger partial charge in [0.15, 0.2) is 11.6 Å². The summed E-state index contributed by atoms with van der Waals surface area (Å²) in [6, 6.07) is 20.0. The Morgan fingerprint density at radius 2 is 1.73 bits per heavy atom. The van der Waals surface area contributed by atoms with Crippen molar-refractivity contribution in [2.75, 3.05) is 0 Å². The van der Waals surface area contributed by atoms with Gasteiger partial charge in [0.1, 0.15) is 12.0 Å². The Balaban J connectivity index is 1.75. The van der Waals surface area contributed by atoms with Gasteiger partial charge in [0.05, 0.1) is 0 Å². The number of carbonyl (C=O) groups is 1. The van der Waals surface area contributed by atoms with Crippen LogP contribution in [0.1, 0.15) is 10.4 Å². The summed E-state index contributed by atoms with van der Waals surface area (Å²) in [5, 5.41) is 4.22. The first kappa shape index (κ1) is 15.7. The lowest BCUT2D eigenvalue weighted by molar-refractivity contribution is 0.112. The van der Waals surface area contributed by atoms with E-state index in [1.165, 1.54) is 0 Å². The van der Waals surface area contributed by atoms with Crippen LogP contribution in [0, 0.1) is 0 Å². The van der Waals surface area contributed by atoms with Gasteiger partial charge in [0, 0.05) is 29.6 Å². The zero-order chi connectivity index (χ0) is 17.8. The molecule has 126 valence electrons. The molecule has 0 radical (unpaired) electrons. The minimum atomic E-state index is 0.392. The van der Waals surface area contributed by atoms with Crippen LogP contribution in [-0.4, -0.2) is 26.0 Å². The lowest BCUT2D eigenvalue weighted by Crippen LogP contribution is -2.02. The largest absolute Gasteiger partial charge is 0.439 e. The molecular formula is C20H14N4O2. The van der Waals surface area contributed by atoms with Crippen LogP contribution in [-0.2, 0) is 0 Å². The number of benzene rings is 2. The van der Waals surface area contributed by atoms with E-state index >= 15 is 0 Å². The number of rotatable bonds is 5. The molecule has 4 rings (SSSR count). The molecule has 6 heteroatoms. The highest BCUT2D eigenvalue weighted by Gasteiger charge is 2.10. The highest BCUT2D eigenvalue weighted by molar-refractivity contribution is 5.74. The Bertz CT molecular complexity index is 1010. The maximum atomic E-state index is 10.8. The van der Waals surface area contributed by atoms with Crippen LogP contribution in [0.5, 0.6) is 11.6 Å². The molecule has 26 heavy (non-hydrogen) atoms. The van der Waals surface area contributed by atoms with Gasteiger partial charge in [-0.3, -0.25) is 4.79 Å². The highest BCUT2D eigenvalue weighted by atomic mass is 16.5. The van der Waals surface area contributed by atoms with Gasteiger partial charge in [-0.2, -0.15) is 10.1 Å². The van der Waals surface area contributed by atoms with Crippen molar-refractivity contribution in [3.05, 3.63) is 84.7 Å². The zero-order valence-corrected chi connectivity index (χ0v) is 13.7. The van der Waals surface area contributed by atoms with E-state index in [-0.39, 0.29) is 0 Å². The van der Waals surface area contributed by atoms with Gasteiger partial charge in [0.25, 0.3) is 0 Å². The van der Waals surface area contributed by atoms with Crippen LogP contribution >= 0.6 is 0 Å². The van der Waals surface area contributed by atoms with Crippen LogP contribution in [0.2, 0.25) is 0 Å². The van der Waals surface area contributed by atoms with Gasteiger partial charge >= 0.3 is 0 Å². The van der Waals surface area contributed by atoms with Crippen molar-refractivity contribution < 1.29 is 9.53 Å².